The van der Waals surface area contributed by atoms with E-state index in [0.717, 1.165) is 19.6 Å². The average Bonchev–Trinajstić information content (AvgIpc) is 3.22. The van der Waals surface area contributed by atoms with Gasteiger partial charge in [-0.1, -0.05) is 35.4 Å². The summed E-state index contributed by atoms with van der Waals surface area (Å²) >= 11 is -1.71. The number of rotatable bonds is 5. The Labute approximate surface area is 237 Å². The van der Waals surface area contributed by atoms with Gasteiger partial charge < -0.3 is 9.80 Å². The molecule has 1 aliphatic rings. The third-order valence-corrected chi connectivity index (χ3v) is 8.27. The first-order chi connectivity index (χ1) is 17.5. The van der Waals surface area contributed by atoms with Gasteiger partial charge in [0.05, 0.1) is 0 Å². The third kappa shape index (κ3) is 8.14. The van der Waals surface area contributed by atoms with Crippen LogP contribution >= 0.6 is 19.4 Å². The molecule has 1 heterocycles. The van der Waals surface area contributed by atoms with E-state index >= 15 is 0 Å². The van der Waals surface area contributed by atoms with E-state index in [4.69, 9.17) is 19.4 Å². The smallest absolute Gasteiger partial charge is 0.0146 e. The molecule has 1 saturated heterocycles. The second-order valence-electron chi connectivity index (χ2n) is 10.2. The third-order valence-electron chi connectivity index (χ3n) is 6.43. The van der Waals surface area contributed by atoms with Crippen molar-refractivity contribution in [2.24, 2.45) is 0 Å². The molecular formula is C31H40Cl2N3Ru-. The number of nitrogens with zero attached hydrogens (tertiary/aromatic N) is 3. The minimum absolute atomic E-state index is 0.919. The molecule has 0 amide bonds. The van der Waals surface area contributed by atoms with Gasteiger partial charge in [0.15, 0.2) is 0 Å². The normalized spacial score (nSPS) is 13.5. The van der Waals surface area contributed by atoms with E-state index in [1.54, 1.807) is 0 Å². The van der Waals surface area contributed by atoms with E-state index in [9.17, 15) is 0 Å². The summed E-state index contributed by atoms with van der Waals surface area (Å²) in [7, 11) is 15.8. The minimum Gasteiger partial charge on any atom is -0.502 e. The SMILES string of the molecule is CN(C)Cc1ccccc1[CH]=[Ru]([Cl])[Cl].Cc1cc(C)c(N2[CH-]N(c3c(C)cc(C)cc3C)CC2)c(C)c1. The molecule has 3 aromatic carbocycles. The maximum atomic E-state index is 5.86. The van der Waals surface area contributed by atoms with Crippen molar-refractivity contribution in [2.45, 2.75) is 48.1 Å². The first-order valence-corrected chi connectivity index (χ1v) is 18.0. The Morgan fingerprint density at radius 1 is 0.784 bits per heavy atom. The fourth-order valence-electron chi connectivity index (χ4n) is 5.29. The molecule has 3 aromatic rings. The summed E-state index contributed by atoms with van der Waals surface area (Å²) in [6.07, 6.45) is 0. The predicted molar refractivity (Wildman–Crippen MR) is 161 cm³/mol. The Morgan fingerprint density at radius 2 is 1.22 bits per heavy atom. The summed E-state index contributed by atoms with van der Waals surface area (Å²) in [5, 5.41) is 0. The second-order valence-corrected chi connectivity index (χ2v) is 16.0. The van der Waals surface area contributed by atoms with Crippen molar-refractivity contribution in [3.63, 3.8) is 0 Å². The molecular weight excluding hydrogens is 586 g/mol. The van der Waals surface area contributed by atoms with Gasteiger partial charge in [0.25, 0.3) is 0 Å². The molecule has 3 nitrogen and oxygen atoms in total. The van der Waals surface area contributed by atoms with Crippen LogP contribution in [-0.2, 0) is 20.1 Å². The summed E-state index contributed by atoms with van der Waals surface area (Å²) in [4.78, 5) is 6.94. The number of benzene rings is 3. The maximum absolute atomic E-state index is 5.86. The van der Waals surface area contributed by atoms with Gasteiger partial charge in [-0.2, -0.15) is 6.67 Å². The Kier molecular flexibility index (Phi) is 10.8. The largest absolute Gasteiger partial charge is 0.502 e. The van der Waals surface area contributed by atoms with Crippen LogP contribution in [-0.4, -0.2) is 36.7 Å². The molecule has 0 atom stereocenters. The van der Waals surface area contributed by atoms with Gasteiger partial charge in [-0.25, -0.2) is 0 Å². The van der Waals surface area contributed by atoms with Crippen LogP contribution in [0.5, 0.6) is 0 Å². The molecule has 0 spiro atoms. The van der Waals surface area contributed by atoms with Crippen LogP contribution in [0.1, 0.15) is 44.5 Å². The standard InChI is InChI=1S/C21H27N2.C10H13N.2ClH.Ru/c1-14-9-16(3)20(17(4)10-14)22-7-8-23(13-22)21-18(5)11-15(2)12-19(21)6;1-9-6-4-5-7-10(9)8-11(2)3;;;/h9-13H,7-8H2,1-6H3;1,4-7H,8H2,2-3H3;2*1H;/q-1;;;;+2/p-2. The van der Waals surface area contributed by atoms with Crippen molar-refractivity contribution in [3.05, 3.63) is 99.7 Å². The maximum Gasteiger partial charge on any atom is 0.0146 e. The molecule has 37 heavy (non-hydrogen) atoms. The molecule has 4 rings (SSSR count). The van der Waals surface area contributed by atoms with Gasteiger partial charge in [-0.15, -0.1) is 0 Å². The van der Waals surface area contributed by atoms with Gasteiger partial charge >= 0.3 is 98.4 Å². The van der Waals surface area contributed by atoms with E-state index in [1.807, 2.05) is 30.8 Å². The molecule has 0 radical (unpaired) electrons. The molecule has 202 valence electrons. The molecule has 0 N–H and O–H groups in total. The number of aryl methyl sites for hydroxylation is 6. The van der Waals surface area contributed by atoms with Crippen LogP contribution in [0.4, 0.5) is 11.4 Å². The van der Waals surface area contributed by atoms with Crippen molar-refractivity contribution >= 4 is 35.4 Å². The van der Waals surface area contributed by atoms with Crippen molar-refractivity contribution in [1.29, 1.82) is 0 Å². The molecule has 1 fully saturated rings. The zero-order valence-corrected chi connectivity index (χ0v) is 26.6. The Morgan fingerprint density at radius 3 is 1.62 bits per heavy atom. The van der Waals surface area contributed by atoms with Gasteiger partial charge in [-0.05, 0) is 63.8 Å². The van der Waals surface area contributed by atoms with Crippen LogP contribution in [0.3, 0.4) is 0 Å². The molecule has 1 aliphatic heterocycles. The van der Waals surface area contributed by atoms with Crippen molar-refractivity contribution in [1.82, 2.24) is 4.90 Å². The molecule has 0 saturated carbocycles. The zero-order chi connectivity index (χ0) is 27.3. The summed E-state index contributed by atoms with van der Waals surface area (Å²) in [6.45, 7) is 18.5. The second kappa shape index (κ2) is 13.4. The van der Waals surface area contributed by atoms with Crippen LogP contribution in [0, 0.1) is 48.2 Å². The summed E-state index contributed by atoms with van der Waals surface area (Å²) in [5.74, 6) is 0. The van der Waals surface area contributed by atoms with E-state index in [-0.39, 0.29) is 0 Å². The Bertz CT molecular complexity index is 1160. The van der Waals surface area contributed by atoms with Gasteiger partial charge in [0, 0.05) is 24.5 Å². The van der Waals surface area contributed by atoms with E-state index < -0.39 is 13.5 Å². The topological polar surface area (TPSA) is 9.72 Å². The monoisotopic (exact) mass is 626 g/mol. The van der Waals surface area contributed by atoms with E-state index in [2.05, 4.69) is 99.3 Å². The van der Waals surface area contributed by atoms with Crippen LogP contribution in [0.25, 0.3) is 0 Å². The van der Waals surface area contributed by atoms with Crippen LogP contribution < -0.4 is 9.80 Å². The number of halogens is 2. The molecule has 0 aromatic heterocycles. The molecule has 0 aliphatic carbocycles. The number of hydrogen-bond donors (Lipinski definition) is 0. The first kappa shape index (κ1) is 29.8. The molecule has 0 unspecified atom stereocenters. The van der Waals surface area contributed by atoms with Gasteiger partial charge in [0.2, 0.25) is 0 Å². The number of anilines is 2. The van der Waals surface area contributed by atoms with Gasteiger partial charge in [0.1, 0.15) is 0 Å². The zero-order valence-electron chi connectivity index (χ0n) is 23.3. The van der Waals surface area contributed by atoms with E-state index in [1.165, 1.54) is 55.9 Å². The van der Waals surface area contributed by atoms with Crippen molar-refractivity contribution in [3.8, 4) is 0 Å². The summed E-state index contributed by atoms with van der Waals surface area (Å²) in [6, 6.07) is 17.3. The van der Waals surface area contributed by atoms with Gasteiger partial charge in [-0.3, -0.25) is 0 Å². The fraction of sp³-hybridized carbons (Fsp3) is 0.355. The molecule has 0 bridgehead atoms. The molecule has 6 heteroatoms. The summed E-state index contributed by atoms with van der Waals surface area (Å²) in [5.41, 5.74) is 13.3. The van der Waals surface area contributed by atoms with E-state index in [0.29, 0.717) is 0 Å². The quantitative estimate of drug-likeness (QED) is 0.211. The minimum atomic E-state index is -1.71. The summed E-state index contributed by atoms with van der Waals surface area (Å²) < 4.78 is 1.99. The Balaban J connectivity index is 0.000000233. The van der Waals surface area contributed by atoms with Crippen molar-refractivity contribution < 1.29 is 13.5 Å². The Hall–Kier alpha value is -1.71. The average molecular weight is 627 g/mol. The van der Waals surface area contributed by atoms with Crippen LogP contribution in [0.15, 0.2) is 48.5 Å². The number of hydrogen-bond acceptors (Lipinski definition) is 3. The van der Waals surface area contributed by atoms with Crippen LogP contribution in [0.2, 0.25) is 0 Å². The first-order valence-electron chi connectivity index (χ1n) is 12.6. The van der Waals surface area contributed by atoms with Crippen molar-refractivity contribution in [2.75, 3.05) is 37.0 Å². The fourth-order valence-corrected chi connectivity index (χ4v) is 7.17. The predicted octanol–water partition coefficient (Wildman–Crippen LogP) is 7.81.